The number of anilines is 1. The summed E-state index contributed by atoms with van der Waals surface area (Å²) in [7, 11) is 1.53. The molecule has 2 heterocycles. The van der Waals surface area contributed by atoms with Crippen LogP contribution in [0.15, 0.2) is 36.5 Å². The molecule has 0 saturated carbocycles. The van der Waals surface area contributed by atoms with Crippen molar-refractivity contribution in [2.75, 3.05) is 12.4 Å². The number of aromatic nitrogens is 2. The third kappa shape index (κ3) is 2.55. The van der Waals surface area contributed by atoms with E-state index in [0.717, 1.165) is 10.2 Å². The predicted molar refractivity (Wildman–Crippen MR) is 71.3 cm³/mol. The van der Waals surface area contributed by atoms with Crippen molar-refractivity contribution in [1.29, 1.82) is 0 Å². The van der Waals surface area contributed by atoms with Gasteiger partial charge >= 0.3 is 6.18 Å². The number of ether oxygens (including phenoxy) is 1. The Morgan fingerprint density at radius 1 is 1.33 bits per heavy atom. The maximum absolute atomic E-state index is 13.2. The van der Waals surface area contributed by atoms with Crippen LogP contribution in [-0.4, -0.2) is 23.1 Å². The van der Waals surface area contributed by atoms with E-state index in [4.69, 9.17) is 4.74 Å². The average Bonchev–Trinajstić information content (AvgIpc) is 2.93. The quantitative estimate of drug-likeness (QED) is 0.921. The lowest BCUT2D eigenvalue weighted by Crippen LogP contribution is -2.35. The molecule has 2 aromatic rings. The lowest BCUT2D eigenvalue weighted by Gasteiger charge is -2.33. The maximum Gasteiger partial charge on any atom is 0.410 e. The van der Waals surface area contributed by atoms with Gasteiger partial charge in [0.25, 0.3) is 0 Å². The van der Waals surface area contributed by atoms with Crippen molar-refractivity contribution in [2.45, 2.75) is 24.7 Å². The highest BCUT2D eigenvalue weighted by atomic mass is 19.4. The predicted octanol–water partition coefficient (Wildman–Crippen LogP) is 3.55. The Morgan fingerprint density at radius 2 is 2.14 bits per heavy atom. The number of rotatable bonds is 2. The molecule has 0 radical (unpaired) electrons. The van der Waals surface area contributed by atoms with Crippen molar-refractivity contribution in [2.24, 2.45) is 0 Å². The van der Waals surface area contributed by atoms with Crippen molar-refractivity contribution in [1.82, 2.24) is 9.78 Å². The number of fused-ring (bicyclic) bond motifs is 1. The van der Waals surface area contributed by atoms with Gasteiger partial charge in [-0.25, -0.2) is 4.68 Å². The van der Waals surface area contributed by atoms with Gasteiger partial charge in [-0.3, -0.25) is 0 Å². The molecule has 3 rings (SSSR count). The van der Waals surface area contributed by atoms with Gasteiger partial charge < -0.3 is 10.1 Å². The third-order valence-electron chi connectivity index (χ3n) is 3.62. The van der Waals surface area contributed by atoms with Gasteiger partial charge in [0.2, 0.25) is 0 Å². The summed E-state index contributed by atoms with van der Waals surface area (Å²) >= 11 is 0. The van der Waals surface area contributed by atoms with E-state index in [0.29, 0.717) is 11.6 Å². The lowest BCUT2D eigenvalue weighted by molar-refractivity contribution is -0.173. The minimum Gasteiger partial charge on any atom is -0.497 e. The highest BCUT2D eigenvalue weighted by Gasteiger charge is 2.46. The van der Waals surface area contributed by atoms with Crippen LogP contribution in [0.4, 0.5) is 19.0 Å². The van der Waals surface area contributed by atoms with Crippen LogP contribution in [0.3, 0.4) is 0 Å². The van der Waals surface area contributed by atoms with Crippen LogP contribution in [0.2, 0.25) is 0 Å². The van der Waals surface area contributed by atoms with Gasteiger partial charge in [-0.2, -0.15) is 18.3 Å². The lowest BCUT2D eigenvalue weighted by atomic mass is 9.97. The molecule has 0 aliphatic carbocycles. The fraction of sp³-hybridized carbons (Fsp3) is 0.357. The molecule has 2 unspecified atom stereocenters. The second-order valence-electron chi connectivity index (χ2n) is 4.93. The van der Waals surface area contributed by atoms with Crippen LogP contribution in [0.5, 0.6) is 5.75 Å². The number of hydrogen-bond acceptors (Lipinski definition) is 3. The van der Waals surface area contributed by atoms with Gasteiger partial charge in [-0.1, -0.05) is 12.1 Å². The zero-order valence-corrected chi connectivity index (χ0v) is 11.3. The molecule has 21 heavy (non-hydrogen) atoms. The Bertz CT molecular complexity index is 638. The van der Waals surface area contributed by atoms with Gasteiger partial charge in [0.05, 0.1) is 19.3 Å². The Labute approximate surface area is 119 Å². The van der Waals surface area contributed by atoms with Gasteiger partial charge in [-0.15, -0.1) is 0 Å². The summed E-state index contributed by atoms with van der Waals surface area (Å²) in [6, 6.07) is 6.56. The highest BCUT2D eigenvalue weighted by molar-refractivity contribution is 5.43. The van der Waals surface area contributed by atoms with Crippen LogP contribution in [0.25, 0.3) is 0 Å². The molecule has 0 amide bonds. The first-order valence-corrected chi connectivity index (χ1v) is 6.50. The number of benzene rings is 1. The fourth-order valence-corrected chi connectivity index (χ4v) is 2.59. The normalized spacial score (nSPS) is 21.5. The number of hydrogen-bond donors (Lipinski definition) is 1. The monoisotopic (exact) mass is 297 g/mol. The topological polar surface area (TPSA) is 39.1 Å². The summed E-state index contributed by atoms with van der Waals surface area (Å²) in [5.74, 6) is 0.994. The Hall–Kier alpha value is -2.18. The first-order valence-electron chi connectivity index (χ1n) is 6.50. The van der Waals surface area contributed by atoms with Crippen LogP contribution < -0.4 is 10.1 Å². The van der Waals surface area contributed by atoms with Crippen molar-refractivity contribution >= 4 is 5.82 Å². The second-order valence-corrected chi connectivity index (χ2v) is 4.93. The van der Waals surface area contributed by atoms with Crippen LogP contribution >= 0.6 is 0 Å². The van der Waals surface area contributed by atoms with Gasteiger partial charge in [0, 0.05) is 12.5 Å². The van der Waals surface area contributed by atoms with Crippen molar-refractivity contribution in [3.8, 4) is 5.75 Å². The van der Waals surface area contributed by atoms with E-state index in [1.54, 1.807) is 30.3 Å². The molecule has 0 spiro atoms. The summed E-state index contributed by atoms with van der Waals surface area (Å²) in [6.07, 6.45) is -3.07. The van der Waals surface area contributed by atoms with Gasteiger partial charge in [0.15, 0.2) is 6.04 Å². The first kappa shape index (κ1) is 13.8. The molecule has 1 aromatic carbocycles. The van der Waals surface area contributed by atoms with E-state index in [-0.39, 0.29) is 6.42 Å². The molecule has 1 aliphatic heterocycles. The molecule has 7 heteroatoms. The van der Waals surface area contributed by atoms with E-state index >= 15 is 0 Å². The number of methoxy groups -OCH3 is 1. The fourth-order valence-electron chi connectivity index (χ4n) is 2.59. The first-order chi connectivity index (χ1) is 9.99. The van der Waals surface area contributed by atoms with Crippen LogP contribution in [0, 0.1) is 0 Å². The molecule has 0 bridgehead atoms. The maximum atomic E-state index is 13.2. The van der Waals surface area contributed by atoms with Crippen molar-refractivity contribution < 1.29 is 17.9 Å². The molecule has 0 saturated heterocycles. The summed E-state index contributed by atoms with van der Waals surface area (Å²) < 4.78 is 45.8. The van der Waals surface area contributed by atoms with Crippen LogP contribution in [0.1, 0.15) is 24.1 Å². The zero-order chi connectivity index (χ0) is 15.0. The smallest absolute Gasteiger partial charge is 0.410 e. The van der Waals surface area contributed by atoms with Crippen molar-refractivity contribution in [3.05, 3.63) is 42.1 Å². The van der Waals surface area contributed by atoms with Crippen LogP contribution in [-0.2, 0) is 0 Å². The molecule has 1 aromatic heterocycles. The minimum atomic E-state index is -4.33. The molecular weight excluding hydrogens is 283 g/mol. The summed E-state index contributed by atoms with van der Waals surface area (Å²) in [4.78, 5) is 0. The van der Waals surface area contributed by atoms with Crippen molar-refractivity contribution in [3.63, 3.8) is 0 Å². The number of nitrogens with one attached hydrogen (secondary N) is 1. The Kier molecular flexibility index (Phi) is 3.27. The molecule has 0 fully saturated rings. The van der Waals surface area contributed by atoms with E-state index in [1.807, 2.05) is 0 Å². The number of halogens is 3. The van der Waals surface area contributed by atoms with Gasteiger partial charge in [0.1, 0.15) is 11.6 Å². The molecular formula is C14H14F3N3O. The SMILES string of the molecule is COc1cccc(C2CC(C(F)(F)F)n3nccc3N2)c1. The van der Waals surface area contributed by atoms with E-state index in [1.165, 1.54) is 13.3 Å². The third-order valence-corrected chi connectivity index (χ3v) is 3.62. The second kappa shape index (κ2) is 4.98. The van der Waals surface area contributed by atoms with Gasteiger partial charge in [-0.05, 0) is 17.7 Å². The number of nitrogens with zero attached hydrogens (tertiary/aromatic N) is 2. The number of alkyl halides is 3. The summed E-state index contributed by atoms with van der Waals surface area (Å²) in [5, 5.41) is 6.87. The largest absolute Gasteiger partial charge is 0.497 e. The minimum absolute atomic E-state index is 0.106. The standard InChI is InChI=1S/C14H14F3N3O/c1-21-10-4-2-3-9(7-10)11-8-12(14(15,16)17)20-13(19-11)5-6-18-20/h2-7,11-12,19H,8H2,1H3. The Balaban J connectivity index is 1.96. The van der Waals surface area contributed by atoms with E-state index < -0.39 is 18.3 Å². The average molecular weight is 297 g/mol. The highest BCUT2D eigenvalue weighted by Crippen LogP contribution is 2.43. The zero-order valence-electron chi connectivity index (χ0n) is 11.3. The molecule has 2 atom stereocenters. The summed E-state index contributed by atoms with van der Waals surface area (Å²) in [6.45, 7) is 0. The molecule has 4 nitrogen and oxygen atoms in total. The molecule has 1 N–H and O–H groups in total. The molecule has 112 valence electrons. The van der Waals surface area contributed by atoms with E-state index in [9.17, 15) is 13.2 Å². The summed E-state index contributed by atoms with van der Waals surface area (Å²) in [5.41, 5.74) is 0.760. The molecule has 1 aliphatic rings. The Morgan fingerprint density at radius 3 is 2.86 bits per heavy atom. The van der Waals surface area contributed by atoms with E-state index in [2.05, 4.69) is 10.4 Å².